The van der Waals surface area contributed by atoms with Gasteiger partial charge in [-0.25, -0.2) is 9.13 Å². The van der Waals surface area contributed by atoms with Crippen LogP contribution >= 0.6 is 15.6 Å². The molecule has 0 radical (unpaired) electrons. The molecule has 16 nitrogen and oxygen atoms in total. The summed E-state index contributed by atoms with van der Waals surface area (Å²) in [5, 5.41) is 20.9. The molecule has 810 valence electrons. The summed E-state index contributed by atoms with van der Waals surface area (Å²) < 4.78 is 61.9. The number of carbonyl (C=O) groups is 3. The van der Waals surface area contributed by atoms with Crippen LogP contribution in [0.4, 0.5) is 0 Å². The quantitative estimate of drug-likeness (QED) is 0.0146. The van der Waals surface area contributed by atoms with Crippen LogP contribution in [0.3, 0.4) is 0 Å². The third-order valence-electron chi connectivity index (χ3n) is 24.8. The average molecular weight is 2010 g/mol. The van der Waals surface area contributed by atoms with E-state index in [-0.39, 0.29) is 19.3 Å². The number of carbonyl (C=O) groups excluding carboxylic acids is 3. The van der Waals surface area contributed by atoms with Gasteiger partial charge < -0.3 is 34.2 Å². The Morgan fingerprint density at radius 3 is 0.560 bits per heavy atom. The van der Waals surface area contributed by atoms with Gasteiger partial charge in [0.15, 0.2) is 6.10 Å². The SMILES string of the molecule is CC/C=C\C/C=C\C/C=C\C/C=C\C/C=C\C/C=C\CCCCCCCCCCCCCCCCCCC(=O)OCC(O)COP(=O)(O)OCC(O)COP(=O)(O)OCC(COC(=O)CCCCCCCCCCCCCCCCCCCCC/C=C\C/C=C\C/C=C\C/C=C\C/C=C\CC)OC(=O)CCCCCCCCCCCCCCCCCCCCC/C=C\C/C=C\C/C=C\C/C=C\C/C=C\CC. The number of phosphoric acid groups is 2. The van der Waals surface area contributed by atoms with Crippen molar-refractivity contribution in [1.82, 2.24) is 0 Å². The minimum atomic E-state index is -4.95. The highest BCUT2D eigenvalue weighted by atomic mass is 31.2. The summed E-state index contributed by atoms with van der Waals surface area (Å²) >= 11 is 0. The molecule has 0 aliphatic heterocycles. The molecule has 0 amide bonds. The highest BCUT2D eigenvalue weighted by molar-refractivity contribution is 7.47. The average Bonchev–Trinajstić information content (AvgIpc) is 0.899. The van der Waals surface area contributed by atoms with Gasteiger partial charge in [0.1, 0.15) is 25.4 Å². The van der Waals surface area contributed by atoms with Gasteiger partial charge in [0.2, 0.25) is 0 Å². The van der Waals surface area contributed by atoms with E-state index >= 15 is 0 Å². The molecule has 0 rings (SSSR count). The van der Waals surface area contributed by atoms with Crippen LogP contribution in [0.5, 0.6) is 0 Å². The van der Waals surface area contributed by atoms with Crippen LogP contribution in [0.2, 0.25) is 0 Å². The molecule has 4 N–H and O–H groups in total. The van der Waals surface area contributed by atoms with Crippen LogP contribution in [0.1, 0.15) is 509 Å². The van der Waals surface area contributed by atoms with Crippen molar-refractivity contribution in [3.63, 3.8) is 0 Å². The predicted molar refractivity (Wildman–Crippen MR) is 601 cm³/mol. The lowest BCUT2D eigenvalue weighted by Crippen LogP contribution is -2.30. The van der Waals surface area contributed by atoms with Crippen molar-refractivity contribution in [2.45, 2.75) is 527 Å². The maximum Gasteiger partial charge on any atom is 0.472 e. The molecule has 0 aliphatic rings. The zero-order valence-corrected chi connectivity index (χ0v) is 92.1. The van der Waals surface area contributed by atoms with E-state index in [4.69, 9.17) is 32.3 Å². The van der Waals surface area contributed by atoms with Crippen molar-refractivity contribution in [3.8, 4) is 0 Å². The summed E-state index contributed by atoms with van der Waals surface area (Å²) in [6.45, 7) is 2.45. The van der Waals surface area contributed by atoms with Gasteiger partial charge in [-0.3, -0.25) is 32.5 Å². The molecule has 0 fully saturated rings. The van der Waals surface area contributed by atoms with Gasteiger partial charge in [0.05, 0.1) is 26.4 Å². The molecule has 0 saturated heterocycles. The fourth-order valence-electron chi connectivity index (χ4n) is 16.2. The summed E-state index contributed by atoms with van der Waals surface area (Å²) in [6.07, 6.45) is 154. The molecule has 0 saturated carbocycles. The van der Waals surface area contributed by atoms with Gasteiger partial charge in [-0.2, -0.15) is 0 Å². The molecular formula is C123H212O16P2. The largest absolute Gasteiger partial charge is 0.472 e. The second-order valence-electron chi connectivity index (χ2n) is 38.4. The fourth-order valence-corrected chi connectivity index (χ4v) is 17.8. The number of rotatable bonds is 109. The molecule has 0 aromatic heterocycles. The number of allylic oxidation sites excluding steroid dienone is 32. The lowest BCUT2D eigenvalue weighted by Gasteiger charge is -2.21. The normalized spacial score (nSPS) is 14.2. The van der Waals surface area contributed by atoms with Crippen LogP contribution in [0, 0.1) is 0 Å². The molecule has 5 unspecified atom stereocenters. The van der Waals surface area contributed by atoms with Gasteiger partial charge in [0, 0.05) is 19.3 Å². The van der Waals surface area contributed by atoms with Crippen molar-refractivity contribution in [2.24, 2.45) is 0 Å². The van der Waals surface area contributed by atoms with E-state index in [0.717, 1.165) is 167 Å². The van der Waals surface area contributed by atoms with Crippen LogP contribution < -0.4 is 0 Å². The van der Waals surface area contributed by atoms with E-state index < -0.39 is 91.5 Å². The molecule has 18 heteroatoms. The van der Waals surface area contributed by atoms with Crippen LogP contribution in [0.25, 0.3) is 0 Å². The van der Waals surface area contributed by atoms with Gasteiger partial charge in [-0.1, -0.05) is 523 Å². The van der Waals surface area contributed by atoms with Crippen LogP contribution in [-0.2, 0) is 55.8 Å². The van der Waals surface area contributed by atoms with E-state index in [1.54, 1.807) is 0 Å². The van der Waals surface area contributed by atoms with E-state index in [9.17, 15) is 43.5 Å². The zero-order valence-electron chi connectivity index (χ0n) is 90.3. The second-order valence-corrected chi connectivity index (χ2v) is 41.4. The molecular weight excluding hydrogens is 1800 g/mol. The third-order valence-corrected chi connectivity index (χ3v) is 26.7. The minimum absolute atomic E-state index is 0.105. The number of hydrogen-bond donors (Lipinski definition) is 4. The summed E-state index contributed by atoms with van der Waals surface area (Å²) in [5.74, 6) is -1.55. The molecule has 0 aromatic carbocycles. The predicted octanol–water partition coefficient (Wildman–Crippen LogP) is 37.6. The Morgan fingerprint density at radius 2 is 0.355 bits per heavy atom. The van der Waals surface area contributed by atoms with Crippen molar-refractivity contribution < 1.29 is 75.8 Å². The lowest BCUT2D eigenvalue weighted by molar-refractivity contribution is -0.161. The first-order valence-corrected chi connectivity index (χ1v) is 60.7. The third kappa shape index (κ3) is 115. The molecule has 0 aliphatic carbocycles. The standard InChI is InChI=1S/C123H212O16P2/c1-4-7-10-13-16-19-22-25-28-31-34-37-40-43-46-49-52-55-58-61-64-67-70-73-76-79-82-85-88-91-94-97-100-103-106-109-121(126)133-112-118(124)113-135-140(129,130)136-114-119(125)115-137-141(131,132)138-117-120(139-123(128)111-108-105-102-99-96-93-90-87-84-81-78-75-72-69-66-63-60-57-54-51-48-45-42-39-36-33-30-27-24-21-18-15-12-9-6-3)116-134-122(127)110-107-104-101-98-95-92-89-86-83-80-77-74-71-68-65-62-59-56-53-50-47-44-41-38-35-32-29-26-23-20-17-14-11-8-5-2/h7-12,16-21,25-30,34-39,43-48,52,55,118-120,124-125H,4-6,13-15,22-24,31-33,40-42,49-51,53-54,56-117H2,1-3H3,(H,129,130)(H,131,132)/b10-7-,11-8-,12-9-,19-16-,20-17-,21-18-,28-25-,29-26-,30-27-,37-34-,38-35-,39-36-,46-43-,47-44-,48-45-,55-52-. The number of esters is 3. The number of unbranched alkanes of at least 4 members (excludes halogenated alkanes) is 54. The van der Waals surface area contributed by atoms with Crippen molar-refractivity contribution in [2.75, 3.05) is 39.6 Å². The first-order chi connectivity index (χ1) is 69.2. The van der Waals surface area contributed by atoms with E-state index in [2.05, 4.69) is 215 Å². The number of phosphoric ester groups is 2. The van der Waals surface area contributed by atoms with Gasteiger partial charge in [-0.05, 0) is 161 Å². The molecule has 0 bridgehead atoms. The molecule has 0 aromatic rings. The van der Waals surface area contributed by atoms with Gasteiger partial charge in [-0.15, -0.1) is 0 Å². The van der Waals surface area contributed by atoms with Gasteiger partial charge >= 0.3 is 33.6 Å². The Morgan fingerprint density at radius 1 is 0.199 bits per heavy atom. The Hall–Kier alpha value is -5.61. The summed E-state index contributed by atoms with van der Waals surface area (Å²) in [7, 11) is -9.82. The monoisotopic (exact) mass is 2010 g/mol. The summed E-state index contributed by atoms with van der Waals surface area (Å²) in [5.41, 5.74) is 0. The number of ether oxygens (including phenoxy) is 3. The Bertz CT molecular complexity index is 3350. The first kappa shape index (κ1) is 135. The molecule has 5 atom stereocenters. The van der Waals surface area contributed by atoms with Crippen molar-refractivity contribution in [3.05, 3.63) is 194 Å². The van der Waals surface area contributed by atoms with Crippen LogP contribution in [0.15, 0.2) is 194 Å². The van der Waals surface area contributed by atoms with Crippen molar-refractivity contribution >= 4 is 33.6 Å². The highest BCUT2D eigenvalue weighted by Gasteiger charge is 2.30. The van der Waals surface area contributed by atoms with Crippen LogP contribution in [-0.4, -0.2) is 95.9 Å². The Labute approximate surface area is 865 Å². The van der Waals surface area contributed by atoms with Gasteiger partial charge in [0.25, 0.3) is 0 Å². The number of aliphatic hydroxyl groups excluding tert-OH is 2. The molecule has 0 heterocycles. The second kappa shape index (κ2) is 113. The molecule has 0 spiro atoms. The lowest BCUT2D eigenvalue weighted by atomic mass is 10.0. The smallest absolute Gasteiger partial charge is 0.463 e. The van der Waals surface area contributed by atoms with E-state index in [0.29, 0.717) is 19.3 Å². The topological polar surface area (TPSA) is 231 Å². The fraction of sp³-hybridized carbons (Fsp3) is 0.715. The van der Waals surface area contributed by atoms with Crippen molar-refractivity contribution in [1.29, 1.82) is 0 Å². The Balaban J connectivity index is 4.59. The summed E-state index contributed by atoms with van der Waals surface area (Å²) in [4.78, 5) is 59.4. The summed E-state index contributed by atoms with van der Waals surface area (Å²) in [6, 6.07) is 0. The molecule has 141 heavy (non-hydrogen) atoms. The maximum atomic E-state index is 13.2. The van der Waals surface area contributed by atoms with E-state index in [1.165, 1.54) is 283 Å². The highest BCUT2D eigenvalue weighted by Crippen LogP contribution is 2.45. The minimum Gasteiger partial charge on any atom is -0.463 e. The maximum absolute atomic E-state index is 13.2. The van der Waals surface area contributed by atoms with E-state index in [1.807, 2.05) is 0 Å². The Kier molecular flexibility index (Phi) is 109. The zero-order chi connectivity index (χ0) is 102. The number of hydrogen-bond acceptors (Lipinski definition) is 14. The number of aliphatic hydroxyl groups is 2. The first-order valence-electron chi connectivity index (χ1n) is 57.7.